The molecule has 0 amide bonds. The molecular weight excluding hydrogens is 300 g/mol. The van der Waals surface area contributed by atoms with E-state index in [-0.39, 0.29) is 0 Å². The fraction of sp³-hybridized carbons (Fsp3) is 0.400. The van der Waals surface area contributed by atoms with Gasteiger partial charge in [-0.15, -0.1) is 0 Å². The van der Waals surface area contributed by atoms with E-state index in [1.165, 1.54) is 20.9 Å². The third kappa shape index (κ3) is 3.97. The van der Waals surface area contributed by atoms with Crippen molar-refractivity contribution in [2.45, 2.75) is 36.1 Å². The first-order chi connectivity index (χ1) is 11.3. The van der Waals surface area contributed by atoms with Gasteiger partial charge in [0.05, 0.1) is 0 Å². The van der Waals surface area contributed by atoms with Crippen LogP contribution < -0.4 is 5.32 Å². The van der Waals surface area contributed by atoms with Gasteiger partial charge in [0.1, 0.15) is 0 Å². The molecule has 1 N–H and O–H groups in total. The molecule has 3 heteroatoms. The molecule has 1 aliphatic heterocycles. The predicted octanol–water partition coefficient (Wildman–Crippen LogP) is 4.37. The summed E-state index contributed by atoms with van der Waals surface area (Å²) in [5.74, 6) is 0. The van der Waals surface area contributed by atoms with Gasteiger partial charge in [-0.2, -0.15) is 0 Å². The number of nitrogens with zero attached hydrogens (tertiary/aromatic N) is 1. The van der Waals surface area contributed by atoms with E-state index in [0.29, 0.717) is 6.04 Å². The predicted molar refractivity (Wildman–Crippen MR) is 99.2 cm³/mol. The minimum atomic E-state index is 0.401. The fourth-order valence-corrected chi connectivity index (χ4v) is 4.34. The Balaban J connectivity index is 1.78. The number of hydrogen-bond donors (Lipinski definition) is 1. The molecule has 2 aromatic carbocycles. The summed E-state index contributed by atoms with van der Waals surface area (Å²) >= 11 is 1.91. The van der Waals surface area contributed by atoms with Gasteiger partial charge in [0, 0.05) is 28.9 Å². The van der Waals surface area contributed by atoms with Crippen LogP contribution in [0.5, 0.6) is 0 Å². The Kier molecular flexibility index (Phi) is 5.76. The van der Waals surface area contributed by atoms with E-state index in [4.69, 9.17) is 0 Å². The third-order valence-corrected chi connectivity index (χ3v) is 5.83. The molecule has 0 spiro atoms. The van der Waals surface area contributed by atoms with Crippen LogP contribution in [0.25, 0.3) is 0 Å². The highest BCUT2D eigenvalue weighted by Gasteiger charge is 2.21. The number of hydrogen-bond acceptors (Lipinski definition) is 3. The van der Waals surface area contributed by atoms with E-state index in [2.05, 4.69) is 72.6 Å². The van der Waals surface area contributed by atoms with Crippen LogP contribution in [0.2, 0.25) is 0 Å². The topological polar surface area (TPSA) is 15.3 Å². The van der Waals surface area contributed by atoms with Gasteiger partial charge in [0.2, 0.25) is 0 Å². The van der Waals surface area contributed by atoms with Gasteiger partial charge in [0.25, 0.3) is 0 Å². The SMILES string of the molecule is CCN(CC)CCNC1Cc2ccccc2Sc2ccccc21. The maximum Gasteiger partial charge on any atom is 0.0373 e. The minimum Gasteiger partial charge on any atom is -0.308 e. The van der Waals surface area contributed by atoms with Crippen LogP contribution in [0.4, 0.5) is 0 Å². The summed E-state index contributed by atoms with van der Waals surface area (Å²) < 4.78 is 0. The van der Waals surface area contributed by atoms with E-state index in [9.17, 15) is 0 Å². The van der Waals surface area contributed by atoms with Gasteiger partial charge in [-0.1, -0.05) is 62.0 Å². The average Bonchev–Trinajstić information content (AvgIpc) is 2.75. The molecule has 2 nitrogen and oxygen atoms in total. The van der Waals surface area contributed by atoms with Crippen molar-refractivity contribution >= 4 is 11.8 Å². The van der Waals surface area contributed by atoms with Gasteiger partial charge < -0.3 is 10.2 Å². The molecule has 0 fully saturated rings. The summed E-state index contributed by atoms with van der Waals surface area (Å²) in [6.45, 7) is 8.86. The number of benzene rings is 2. The van der Waals surface area contributed by atoms with Crippen molar-refractivity contribution in [3.8, 4) is 0 Å². The van der Waals surface area contributed by atoms with Gasteiger partial charge in [-0.05, 0) is 42.8 Å². The standard InChI is InChI=1S/C20H26N2S/c1-3-22(4-2)14-13-21-18-15-16-9-5-7-11-19(16)23-20-12-8-6-10-17(18)20/h5-12,18,21H,3-4,13-15H2,1-2H3. The van der Waals surface area contributed by atoms with Crippen molar-refractivity contribution in [2.75, 3.05) is 26.2 Å². The normalized spacial score (nSPS) is 16.7. The number of likely N-dealkylation sites (N-methyl/N-ethyl adjacent to an activating group) is 1. The van der Waals surface area contributed by atoms with Crippen molar-refractivity contribution in [3.05, 3.63) is 59.7 Å². The number of rotatable bonds is 6. The van der Waals surface area contributed by atoms with Crippen LogP contribution in [0, 0.1) is 0 Å². The average molecular weight is 327 g/mol. The molecule has 122 valence electrons. The quantitative estimate of drug-likeness (QED) is 0.849. The van der Waals surface area contributed by atoms with E-state index in [0.717, 1.165) is 32.6 Å². The zero-order chi connectivity index (χ0) is 16.1. The molecule has 2 aromatic rings. The molecule has 23 heavy (non-hydrogen) atoms. The lowest BCUT2D eigenvalue weighted by atomic mass is 9.99. The van der Waals surface area contributed by atoms with Gasteiger partial charge >= 0.3 is 0 Å². The van der Waals surface area contributed by atoms with E-state index < -0.39 is 0 Å². The highest BCUT2D eigenvalue weighted by molar-refractivity contribution is 7.99. The molecular formula is C20H26N2S. The van der Waals surface area contributed by atoms with E-state index >= 15 is 0 Å². The molecule has 0 saturated heterocycles. The maximum absolute atomic E-state index is 3.80. The van der Waals surface area contributed by atoms with Crippen molar-refractivity contribution in [3.63, 3.8) is 0 Å². The molecule has 0 aromatic heterocycles. The van der Waals surface area contributed by atoms with E-state index in [1.54, 1.807) is 0 Å². The van der Waals surface area contributed by atoms with Crippen LogP contribution in [0.1, 0.15) is 31.0 Å². The highest BCUT2D eigenvalue weighted by Crippen LogP contribution is 2.40. The Morgan fingerprint density at radius 2 is 1.70 bits per heavy atom. The molecule has 0 bridgehead atoms. The van der Waals surface area contributed by atoms with Crippen molar-refractivity contribution in [1.82, 2.24) is 10.2 Å². The summed E-state index contributed by atoms with van der Waals surface area (Å²) in [4.78, 5) is 5.25. The summed E-state index contributed by atoms with van der Waals surface area (Å²) in [6.07, 6.45) is 1.07. The first-order valence-corrected chi connectivity index (χ1v) is 9.44. The van der Waals surface area contributed by atoms with Gasteiger partial charge in [-0.25, -0.2) is 0 Å². The minimum absolute atomic E-state index is 0.401. The zero-order valence-corrected chi connectivity index (χ0v) is 14.9. The summed E-state index contributed by atoms with van der Waals surface area (Å²) in [7, 11) is 0. The monoisotopic (exact) mass is 326 g/mol. The lowest BCUT2D eigenvalue weighted by Crippen LogP contribution is -2.34. The van der Waals surface area contributed by atoms with Crippen LogP contribution >= 0.6 is 11.8 Å². The first-order valence-electron chi connectivity index (χ1n) is 8.62. The lowest BCUT2D eigenvalue weighted by Gasteiger charge is -2.23. The third-order valence-electron chi connectivity index (χ3n) is 4.62. The number of fused-ring (bicyclic) bond motifs is 2. The Bertz CT molecular complexity index is 637. The summed E-state index contributed by atoms with van der Waals surface area (Å²) in [6, 6.07) is 18.1. The molecule has 3 rings (SSSR count). The van der Waals surface area contributed by atoms with Gasteiger partial charge in [-0.3, -0.25) is 0 Å². The Labute approximate surface area is 144 Å². The summed E-state index contributed by atoms with van der Waals surface area (Å²) in [5.41, 5.74) is 2.89. The molecule has 0 radical (unpaired) electrons. The fourth-order valence-electron chi connectivity index (χ4n) is 3.20. The highest BCUT2D eigenvalue weighted by atomic mass is 32.2. The Hall–Kier alpha value is -1.29. The lowest BCUT2D eigenvalue weighted by molar-refractivity contribution is 0.296. The molecule has 1 unspecified atom stereocenters. The first kappa shape index (κ1) is 16.6. The summed E-state index contributed by atoms with van der Waals surface area (Å²) in [5, 5.41) is 3.80. The smallest absolute Gasteiger partial charge is 0.0373 e. The number of nitrogens with one attached hydrogen (secondary N) is 1. The zero-order valence-electron chi connectivity index (χ0n) is 14.1. The van der Waals surface area contributed by atoms with Crippen LogP contribution in [-0.2, 0) is 6.42 Å². The Morgan fingerprint density at radius 3 is 2.48 bits per heavy atom. The molecule has 0 aliphatic carbocycles. The van der Waals surface area contributed by atoms with Crippen molar-refractivity contribution in [1.29, 1.82) is 0 Å². The van der Waals surface area contributed by atoms with Crippen molar-refractivity contribution in [2.24, 2.45) is 0 Å². The second kappa shape index (κ2) is 8.00. The van der Waals surface area contributed by atoms with Crippen LogP contribution in [-0.4, -0.2) is 31.1 Å². The second-order valence-corrected chi connectivity index (χ2v) is 7.07. The Morgan fingerprint density at radius 1 is 1.00 bits per heavy atom. The molecule has 1 atom stereocenters. The van der Waals surface area contributed by atoms with E-state index in [1.807, 2.05) is 11.8 Å². The maximum atomic E-state index is 3.80. The van der Waals surface area contributed by atoms with Crippen LogP contribution in [0.15, 0.2) is 58.3 Å². The molecule has 1 aliphatic rings. The molecule has 1 heterocycles. The van der Waals surface area contributed by atoms with Crippen LogP contribution in [0.3, 0.4) is 0 Å². The largest absolute Gasteiger partial charge is 0.308 e. The second-order valence-electron chi connectivity index (χ2n) is 5.99. The van der Waals surface area contributed by atoms with Gasteiger partial charge in [0.15, 0.2) is 0 Å². The molecule has 0 saturated carbocycles. The van der Waals surface area contributed by atoms with Crippen molar-refractivity contribution < 1.29 is 0 Å².